The van der Waals surface area contributed by atoms with E-state index in [1.165, 1.54) is 0 Å². The third-order valence-electron chi connectivity index (χ3n) is 2.39. The highest BCUT2D eigenvalue weighted by Crippen LogP contribution is 2.23. The zero-order chi connectivity index (χ0) is 11.5. The summed E-state index contributed by atoms with van der Waals surface area (Å²) in [7, 11) is 0. The Kier molecular flexibility index (Phi) is 2.76. The highest BCUT2D eigenvalue weighted by molar-refractivity contribution is 5.34. The second kappa shape index (κ2) is 4.21. The van der Waals surface area contributed by atoms with E-state index >= 15 is 0 Å². The summed E-state index contributed by atoms with van der Waals surface area (Å²) < 4.78 is 5.34. The highest BCUT2D eigenvalue weighted by Gasteiger charge is 2.13. The number of hydrogen-bond acceptors (Lipinski definition) is 3. The number of aryl methyl sites for hydroxylation is 1. The van der Waals surface area contributed by atoms with Gasteiger partial charge in [-0.05, 0) is 36.8 Å². The first kappa shape index (κ1) is 10.5. The van der Waals surface area contributed by atoms with Gasteiger partial charge in [0.1, 0.15) is 17.6 Å². The van der Waals surface area contributed by atoms with Gasteiger partial charge in [-0.3, -0.25) is 0 Å². The molecule has 1 N–H and O–H groups in total. The van der Waals surface area contributed by atoms with E-state index in [9.17, 15) is 5.11 Å². The summed E-state index contributed by atoms with van der Waals surface area (Å²) in [5.74, 6) is 1.28. The Morgan fingerprint density at radius 3 is 2.38 bits per heavy atom. The van der Waals surface area contributed by atoms with Crippen LogP contribution in [-0.2, 0) is 0 Å². The average molecular weight is 213 g/mol. The minimum atomic E-state index is -0.776. The Morgan fingerprint density at radius 2 is 1.88 bits per heavy atom. The maximum Gasteiger partial charge on any atom is 0.137 e. The fraction of sp³-hybridized carbons (Fsp3) is 0.154. The van der Waals surface area contributed by atoms with Gasteiger partial charge in [0.15, 0.2) is 0 Å². The zero-order valence-corrected chi connectivity index (χ0v) is 8.84. The van der Waals surface area contributed by atoms with Gasteiger partial charge >= 0.3 is 0 Å². The van der Waals surface area contributed by atoms with Crippen molar-refractivity contribution in [3.63, 3.8) is 0 Å². The van der Waals surface area contributed by atoms with E-state index in [0.717, 1.165) is 5.76 Å². The summed E-state index contributed by atoms with van der Waals surface area (Å²) in [5, 5.41) is 18.6. The molecule has 1 aromatic heterocycles. The summed E-state index contributed by atoms with van der Waals surface area (Å²) in [6.45, 7) is 1.83. The lowest BCUT2D eigenvalue weighted by Gasteiger charge is -2.07. The van der Waals surface area contributed by atoms with Gasteiger partial charge in [-0.1, -0.05) is 12.1 Å². The number of nitrogens with zero attached hydrogens (tertiary/aromatic N) is 1. The molecular weight excluding hydrogens is 202 g/mol. The van der Waals surface area contributed by atoms with Gasteiger partial charge in [0.05, 0.1) is 11.6 Å². The van der Waals surface area contributed by atoms with Crippen LogP contribution in [0, 0.1) is 18.3 Å². The first-order valence-electron chi connectivity index (χ1n) is 4.95. The quantitative estimate of drug-likeness (QED) is 0.833. The van der Waals surface area contributed by atoms with Crippen molar-refractivity contribution >= 4 is 0 Å². The van der Waals surface area contributed by atoms with E-state index in [0.29, 0.717) is 16.9 Å². The van der Waals surface area contributed by atoms with Crippen molar-refractivity contribution in [2.45, 2.75) is 13.0 Å². The third kappa shape index (κ3) is 1.97. The van der Waals surface area contributed by atoms with Crippen molar-refractivity contribution in [1.82, 2.24) is 0 Å². The molecule has 80 valence electrons. The van der Waals surface area contributed by atoms with Crippen LogP contribution >= 0.6 is 0 Å². The largest absolute Gasteiger partial charge is 0.463 e. The first-order valence-corrected chi connectivity index (χ1v) is 4.95. The van der Waals surface area contributed by atoms with Crippen LogP contribution in [0.25, 0.3) is 0 Å². The van der Waals surface area contributed by atoms with E-state index < -0.39 is 6.10 Å². The molecule has 0 aliphatic carbocycles. The molecule has 0 aliphatic rings. The molecule has 0 amide bonds. The Bertz CT molecular complexity index is 520. The zero-order valence-electron chi connectivity index (χ0n) is 8.84. The predicted octanol–water partition coefficient (Wildman–Crippen LogP) is 2.54. The maximum absolute atomic E-state index is 9.99. The molecule has 1 aromatic carbocycles. The van der Waals surface area contributed by atoms with Crippen molar-refractivity contribution in [1.29, 1.82) is 5.26 Å². The summed E-state index contributed by atoms with van der Waals surface area (Å²) in [6, 6.07) is 12.4. The van der Waals surface area contributed by atoms with E-state index in [1.807, 2.05) is 19.1 Å². The molecule has 0 bridgehead atoms. The van der Waals surface area contributed by atoms with Gasteiger partial charge in [-0.15, -0.1) is 0 Å². The fourth-order valence-corrected chi connectivity index (χ4v) is 1.50. The van der Waals surface area contributed by atoms with Crippen molar-refractivity contribution < 1.29 is 9.52 Å². The lowest BCUT2D eigenvalue weighted by molar-refractivity contribution is 0.187. The van der Waals surface area contributed by atoms with Crippen LogP contribution in [0.1, 0.15) is 28.8 Å². The lowest BCUT2D eigenvalue weighted by atomic mass is 10.1. The van der Waals surface area contributed by atoms with Crippen LogP contribution in [0.15, 0.2) is 40.8 Å². The van der Waals surface area contributed by atoms with Crippen molar-refractivity contribution in [2.75, 3.05) is 0 Å². The van der Waals surface area contributed by atoms with Crippen LogP contribution in [0.2, 0.25) is 0 Å². The number of aliphatic hydroxyl groups is 1. The molecular formula is C13H11NO2. The van der Waals surface area contributed by atoms with E-state index in [4.69, 9.17) is 9.68 Å². The molecule has 16 heavy (non-hydrogen) atoms. The minimum absolute atomic E-state index is 0.516. The molecule has 0 saturated heterocycles. The van der Waals surface area contributed by atoms with Crippen LogP contribution in [0.3, 0.4) is 0 Å². The topological polar surface area (TPSA) is 57.2 Å². The van der Waals surface area contributed by atoms with Crippen molar-refractivity contribution in [2.24, 2.45) is 0 Å². The summed E-state index contributed by atoms with van der Waals surface area (Å²) in [5.41, 5.74) is 1.29. The van der Waals surface area contributed by atoms with Crippen LogP contribution in [0.5, 0.6) is 0 Å². The molecule has 3 nitrogen and oxygen atoms in total. The van der Waals surface area contributed by atoms with Crippen LogP contribution < -0.4 is 0 Å². The Morgan fingerprint density at radius 1 is 1.19 bits per heavy atom. The molecule has 0 fully saturated rings. The molecule has 3 heteroatoms. The predicted molar refractivity (Wildman–Crippen MR) is 58.7 cm³/mol. The standard InChI is InChI=1S/C13H11NO2/c1-9-2-7-12(16-9)13(15)11-5-3-10(8-14)4-6-11/h2-7,13,15H,1H3. The maximum atomic E-state index is 9.99. The Labute approximate surface area is 93.6 Å². The van der Waals surface area contributed by atoms with Gasteiger partial charge in [-0.2, -0.15) is 5.26 Å². The molecule has 0 spiro atoms. The summed E-state index contributed by atoms with van der Waals surface area (Å²) >= 11 is 0. The first-order chi connectivity index (χ1) is 7.70. The molecule has 1 unspecified atom stereocenters. The molecule has 2 rings (SSSR count). The molecule has 0 radical (unpaired) electrons. The Balaban J connectivity index is 2.27. The van der Waals surface area contributed by atoms with Crippen LogP contribution in [0.4, 0.5) is 0 Å². The number of benzene rings is 1. The van der Waals surface area contributed by atoms with Gasteiger partial charge < -0.3 is 9.52 Å². The lowest BCUT2D eigenvalue weighted by Crippen LogP contribution is -1.97. The molecule has 1 atom stereocenters. The smallest absolute Gasteiger partial charge is 0.137 e. The van der Waals surface area contributed by atoms with Crippen molar-refractivity contribution in [3.8, 4) is 6.07 Å². The summed E-state index contributed by atoms with van der Waals surface area (Å²) in [4.78, 5) is 0. The monoisotopic (exact) mass is 213 g/mol. The fourth-order valence-electron chi connectivity index (χ4n) is 1.50. The highest BCUT2D eigenvalue weighted by atomic mass is 16.4. The second-order valence-corrected chi connectivity index (χ2v) is 3.58. The number of hydrogen-bond donors (Lipinski definition) is 1. The van der Waals surface area contributed by atoms with Gasteiger partial charge in [0.2, 0.25) is 0 Å². The third-order valence-corrected chi connectivity index (χ3v) is 2.39. The number of rotatable bonds is 2. The van der Waals surface area contributed by atoms with Gasteiger partial charge in [0, 0.05) is 0 Å². The second-order valence-electron chi connectivity index (χ2n) is 3.58. The van der Waals surface area contributed by atoms with E-state index in [-0.39, 0.29) is 0 Å². The molecule has 0 aliphatic heterocycles. The van der Waals surface area contributed by atoms with Gasteiger partial charge in [-0.25, -0.2) is 0 Å². The molecule has 2 aromatic rings. The SMILES string of the molecule is Cc1ccc(C(O)c2ccc(C#N)cc2)o1. The Hall–Kier alpha value is -2.05. The molecule has 0 saturated carbocycles. The van der Waals surface area contributed by atoms with Gasteiger partial charge in [0.25, 0.3) is 0 Å². The van der Waals surface area contributed by atoms with Crippen LogP contribution in [-0.4, -0.2) is 5.11 Å². The van der Waals surface area contributed by atoms with E-state index in [2.05, 4.69) is 0 Å². The number of nitriles is 1. The van der Waals surface area contributed by atoms with E-state index in [1.54, 1.807) is 30.3 Å². The average Bonchev–Trinajstić information content (AvgIpc) is 2.75. The molecule has 1 heterocycles. The minimum Gasteiger partial charge on any atom is -0.463 e. The normalized spacial score (nSPS) is 12.1. The summed E-state index contributed by atoms with van der Waals surface area (Å²) in [6.07, 6.45) is -0.776. The number of furan rings is 1. The number of aliphatic hydroxyl groups excluding tert-OH is 1. The van der Waals surface area contributed by atoms with Crippen molar-refractivity contribution in [3.05, 3.63) is 59.0 Å².